The number of carbonyl (C=O) groups excluding carboxylic acids is 1. The van der Waals surface area contributed by atoms with Gasteiger partial charge in [-0.2, -0.15) is 0 Å². The van der Waals surface area contributed by atoms with Crippen LogP contribution in [-0.4, -0.2) is 58.3 Å². The van der Waals surface area contributed by atoms with Crippen molar-refractivity contribution in [2.24, 2.45) is 0 Å². The molecule has 0 bridgehead atoms. The Morgan fingerprint density at radius 3 is 2.07 bits per heavy atom. The molecule has 0 spiro atoms. The first-order valence-electron chi connectivity index (χ1n) is 9.09. The third-order valence-corrected chi connectivity index (χ3v) is 5.23. The maximum atomic E-state index is 13.0. The molecule has 1 aliphatic heterocycles. The Morgan fingerprint density at radius 1 is 0.929 bits per heavy atom. The molecule has 150 valence electrons. The standard InChI is InChI=1S/C21H25ClN2O4/c1-14-5-6-16(22)13-17(14)23-7-9-24(10-8-23)21(25)15-11-18(26-2)20(28-4)19(12-15)27-3/h5-6,11-13H,7-10H2,1-4H3. The fourth-order valence-corrected chi connectivity index (χ4v) is 3.63. The Labute approximate surface area is 170 Å². The van der Waals surface area contributed by atoms with Crippen molar-refractivity contribution >= 4 is 23.2 Å². The van der Waals surface area contributed by atoms with Gasteiger partial charge in [0.2, 0.25) is 5.75 Å². The molecular weight excluding hydrogens is 380 g/mol. The minimum atomic E-state index is -0.0540. The van der Waals surface area contributed by atoms with Gasteiger partial charge in [0, 0.05) is 42.5 Å². The number of aryl methyl sites for hydroxylation is 1. The van der Waals surface area contributed by atoms with E-state index in [-0.39, 0.29) is 5.91 Å². The summed E-state index contributed by atoms with van der Waals surface area (Å²) in [7, 11) is 4.62. The molecule has 1 saturated heterocycles. The lowest BCUT2D eigenvalue weighted by Crippen LogP contribution is -2.49. The molecule has 0 unspecified atom stereocenters. The molecule has 0 saturated carbocycles. The fourth-order valence-electron chi connectivity index (χ4n) is 3.46. The second-order valence-electron chi connectivity index (χ2n) is 6.62. The van der Waals surface area contributed by atoms with Crippen molar-refractivity contribution in [1.82, 2.24) is 4.90 Å². The Bertz CT molecular complexity index is 838. The van der Waals surface area contributed by atoms with Gasteiger partial charge in [0.05, 0.1) is 21.3 Å². The van der Waals surface area contributed by atoms with Gasteiger partial charge in [-0.1, -0.05) is 17.7 Å². The Balaban J connectivity index is 1.76. The molecule has 28 heavy (non-hydrogen) atoms. The summed E-state index contributed by atoms with van der Waals surface area (Å²) >= 11 is 6.15. The SMILES string of the molecule is COc1cc(C(=O)N2CCN(c3cc(Cl)ccc3C)CC2)cc(OC)c1OC. The second kappa shape index (κ2) is 8.61. The summed E-state index contributed by atoms with van der Waals surface area (Å²) in [5.41, 5.74) is 2.81. The van der Waals surface area contributed by atoms with Crippen LogP contribution in [0.5, 0.6) is 17.2 Å². The number of anilines is 1. The summed E-state index contributed by atoms with van der Waals surface area (Å²) in [6, 6.07) is 9.28. The van der Waals surface area contributed by atoms with Crippen LogP contribution >= 0.6 is 11.6 Å². The summed E-state index contributed by atoms with van der Waals surface area (Å²) in [5, 5.41) is 0.719. The first kappa shape index (κ1) is 20.1. The number of benzene rings is 2. The Hall–Kier alpha value is -2.60. The topological polar surface area (TPSA) is 51.2 Å². The molecule has 0 N–H and O–H groups in total. The van der Waals surface area contributed by atoms with E-state index in [1.165, 1.54) is 19.8 Å². The van der Waals surface area contributed by atoms with Crippen LogP contribution in [0.4, 0.5) is 5.69 Å². The van der Waals surface area contributed by atoms with Crippen molar-refractivity contribution in [3.05, 3.63) is 46.5 Å². The number of halogens is 1. The van der Waals surface area contributed by atoms with E-state index in [9.17, 15) is 4.79 Å². The largest absolute Gasteiger partial charge is 0.493 e. The lowest BCUT2D eigenvalue weighted by atomic mass is 10.1. The molecule has 1 aliphatic rings. The van der Waals surface area contributed by atoms with E-state index in [1.54, 1.807) is 19.2 Å². The van der Waals surface area contributed by atoms with Crippen LogP contribution in [-0.2, 0) is 0 Å². The minimum Gasteiger partial charge on any atom is -0.493 e. The predicted octanol–water partition coefficient (Wildman–Crippen LogP) is 3.64. The molecular formula is C21H25ClN2O4. The third-order valence-electron chi connectivity index (χ3n) is 4.99. The fraction of sp³-hybridized carbons (Fsp3) is 0.381. The van der Waals surface area contributed by atoms with E-state index >= 15 is 0 Å². The van der Waals surface area contributed by atoms with Crippen LogP contribution < -0.4 is 19.1 Å². The molecule has 1 heterocycles. The van der Waals surface area contributed by atoms with Crippen LogP contribution in [0.3, 0.4) is 0 Å². The summed E-state index contributed by atoms with van der Waals surface area (Å²) in [6.45, 7) is 4.82. The first-order chi connectivity index (χ1) is 13.5. The van der Waals surface area contributed by atoms with Crippen molar-refractivity contribution < 1.29 is 19.0 Å². The molecule has 3 rings (SSSR count). The van der Waals surface area contributed by atoms with Gasteiger partial charge in [-0.3, -0.25) is 4.79 Å². The number of amides is 1. The zero-order valence-corrected chi connectivity index (χ0v) is 17.4. The van der Waals surface area contributed by atoms with Crippen LogP contribution in [0.15, 0.2) is 30.3 Å². The van der Waals surface area contributed by atoms with Crippen molar-refractivity contribution in [3.8, 4) is 17.2 Å². The van der Waals surface area contributed by atoms with Gasteiger partial charge in [0.1, 0.15) is 0 Å². The molecule has 0 aliphatic carbocycles. The van der Waals surface area contributed by atoms with Gasteiger partial charge >= 0.3 is 0 Å². The maximum Gasteiger partial charge on any atom is 0.254 e. The third kappa shape index (κ3) is 3.97. The van der Waals surface area contributed by atoms with Gasteiger partial charge in [-0.15, -0.1) is 0 Å². The highest BCUT2D eigenvalue weighted by Gasteiger charge is 2.25. The van der Waals surface area contributed by atoms with Gasteiger partial charge < -0.3 is 24.0 Å². The number of hydrogen-bond donors (Lipinski definition) is 0. The van der Waals surface area contributed by atoms with Gasteiger partial charge in [-0.25, -0.2) is 0 Å². The van der Waals surface area contributed by atoms with Gasteiger partial charge in [-0.05, 0) is 36.8 Å². The average Bonchev–Trinajstić information content (AvgIpc) is 2.73. The Morgan fingerprint density at radius 2 is 1.54 bits per heavy atom. The zero-order chi connectivity index (χ0) is 20.3. The van der Waals surface area contributed by atoms with Crippen molar-refractivity contribution in [1.29, 1.82) is 0 Å². The maximum absolute atomic E-state index is 13.0. The molecule has 0 atom stereocenters. The van der Waals surface area contributed by atoms with E-state index < -0.39 is 0 Å². The molecule has 1 amide bonds. The molecule has 2 aromatic rings. The van der Waals surface area contributed by atoms with Crippen molar-refractivity contribution in [3.63, 3.8) is 0 Å². The highest BCUT2D eigenvalue weighted by Crippen LogP contribution is 2.38. The summed E-state index contributed by atoms with van der Waals surface area (Å²) in [6.07, 6.45) is 0. The lowest BCUT2D eigenvalue weighted by molar-refractivity contribution is 0.0746. The van der Waals surface area contributed by atoms with E-state index in [0.29, 0.717) is 35.9 Å². The summed E-state index contributed by atoms with van der Waals surface area (Å²) in [5.74, 6) is 1.36. The first-order valence-corrected chi connectivity index (χ1v) is 9.46. The summed E-state index contributed by atoms with van der Waals surface area (Å²) < 4.78 is 16.0. The molecule has 7 heteroatoms. The van der Waals surface area contributed by atoms with Crippen LogP contribution in [0.2, 0.25) is 5.02 Å². The lowest BCUT2D eigenvalue weighted by Gasteiger charge is -2.37. The molecule has 2 aromatic carbocycles. The number of methoxy groups -OCH3 is 3. The quantitative estimate of drug-likeness (QED) is 0.761. The monoisotopic (exact) mass is 404 g/mol. The number of carbonyl (C=O) groups is 1. The minimum absolute atomic E-state index is 0.0540. The molecule has 0 aromatic heterocycles. The Kier molecular flexibility index (Phi) is 6.19. The second-order valence-corrected chi connectivity index (χ2v) is 7.06. The molecule has 0 radical (unpaired) electrons. The smallest absolute Gasteiger partial charge is 0.254 e. The van der Waals surface area contributed by atoms with Crippen LogP contribution in [0.1, 0.15) is 15.9 Å². The normalized spacial score (nSPS) is 14.0. The van der Waals surface area contributed by atoms with Crippen LogP contribution in [0.25, 0.3) is 0 Å². The molecule has 6 nitrogen and oxygen atoms in total. The predicted molar refractivity (Wildman–Crippen MR) is 110 cm³/mol. The zero-order valence-electron chi connectivity index (χ0n) is 16.6. The number of rotatable bonds is 5. The van der Waals surface area contributed by atoms with Gasteiger partial charge in [0.25, 0.3) is 5.91 Å². The molecule has 1 fully saturated rings. The number of ether oxygens (including phenoxy) is 3. The van der Waals surface area contributed by atoms with Crippen molar-refractivity contribution in [2.75, 3.05) is 52.4 Å². The number of hydrogen-bond acceptors (Lipinski definition) is 5. The van der Waals surface area contributed by atoms with E-state index in [0.717, 1.165) is 23.8 Å². The van der Waals surface area contributed by atoms with E-state index in [2.05, 4.69) is 11.8 Å². The van der Waals surface area contributed by atoms with Gasteiger partial charge in [0.15, 0.2) is 11.5 Å². The summed E-state index contributed by atoms with van der Waals surface area (Å²) in [4.78, 5) is 17.1. The highest BCUT2D eigenvalue weighted by atomic mass is 35.5. The van der Waals surface area contributed by atoms with E-state index in [1.807, 2.05) is 23.1 Å². The highest BCUT2D eigenvalue weighted by molar-refractivity contribution is 6.30. The van der Waals surface area contributed by atoms with Crippen molar-refractivity contribution in [2.45, 2.75) is 6.92 Å². The number of nitrogens with zero attached hydrogens (tertiary/aromatic N) is 2. The van der Waals surface area contributed by atoms with E-state index in [4.69, 9.17) is 25.8 Å². The van der Waals surface area contributed by atoms with Crippen LogP contribution in [0, 0.1) is 6.92 Å². The number of piperazine rings is 1. The average molecular weight is 405 g/mol.